The highest BCUT2D eigenvalue weighted by Gasteiger charge is 2.32. The molecule has 0 aliphatic carbocycles. The summed E-state index contributed by atoms with van der Waals surface area (Å²) in [6.45, 7) is 7.34. The van der Waals surface area contributed by atoms with E-state index in [0.717, 1.165) is 59.7 Å². The molecule has 0 saturated carbocycles. The summed E-state index contributed by atoms with van der Waals surface area (Å²) in [6.07, 6.45) is 3.38. The lowest BCUT2D eigenvalue weighted by Crippen LogP contribution is -2.49. The molecule has 0 radical (unpaired) electrons. The standard InChI is InChI=1S/C24H31N5O3/c1-15-16(2)25-24(28-10-3-4-11-28)27-23(15)29-12-9-21(20(30)14-29)32-18-6-7-19-17(13-18)5-8-22(31)26-19/h6-7,13,20-21,30H,3-5,8-12,14H2,1-2H3,(H,26,31)/t20-,21-/m1/s1. The van der Waals surface area contributed by atoms with E-state index >= 15 is 0 Å². The monoisotopic (exact) mass is 437 g/mol. The first-order valence-electron chi connectivity index (χ1n) is 11.6. The van der Waals surface area contributed by atoms with E-state index in [1.165, 1.54) is 12.8 Å². The minimum atomic E-state index is -0.621. The Kier molecular flexibility index (Phi) is 5.63. The van der Waals surface area contributed by atoms with Crippen LogP contribution in [-0.2, 0) is 11.2 Å². The quantitative estimate of drug-likeness (QED) is 0.760. The fraction of sp³-hybridized carbons (Fsp3) is 0.542. The number of aryl methyl sites for hydroxylation is 2. The fourth-order valence-corrected chi connectivity index (χ4v) is 4.81. The highest BCUT2D eigenvalue weighted by Crippen LogP contribution is 2.31. The summed E-state index contributed by atoms with van der Waals surface area (Å²) in [5.74, 6) is 2.51. The number of fused-ring (bicyclic) bond motifs is 1. The van der Waals surface area contributed by atoms with Crippen LogP contribution in [0.1, 0.15) is 42.5 Å². The van der Waals surface area contributed by atoms with Gasteiger partial charge >= 0.3 is 0 Å². The van der Waals surface area contributed by atoms with E-state index in [9.17, 15) is 9.90 Å². The van der Waals surface area contributed by atoms with Gasteiger partial charge in [-0.15, -0.1) is 0 Å². The van der Waals surface area contributed by atoms with Crippen LogP contribution < -0.4 is 19.9 Å². The molecule has 4 heterocycles. The molecule has 2 N–H and O–H groups in total. The third-order valence-corrected chi connectivity index (χ3v) is 6.82. The van der Waals surface area contributed by atoms with Crippen molar-refractivity contribution in [2.45, 2.75) is 58.2 Å². The number of piperidine rings is 1. The summed E-state index contributed by atoms with van der Waals surface area (Å²) in [5, 5.41) is 13.8. The molecule has 8 nitrogen and oxygen atoms in total. The molecule has 5 rings (SSSR count). The third-order valence-electron chi connectivity index (χ3n) is 6.82. The van der Waals surface area contributed by atoms with Gasteiger partial charge < -0.3 is 25.0 Å². The van der Waals surface area contributed by atoms with Gasteiger partial charge in [0.15, 0.2) is 0 Å². The second-order valence-corrected chi connectivity index (χ2v) is 9.08. The molecule has 3 aliphatic rings. The van der Waals surface area contributed by atoms with Gasteiger partial charge in [0.05, 0.1) is 0 Å². The van der Waals surface area contributed by atoms with Crippen LogP contribution >= 0.6 is 0 Å². The molecular formula is C24H31N5O3. The largest absolute Gasteiger partial charge is 0.488 e. The number of carbonyl (C=O) groups excluding carboxylic acids is 1. The summed E-state index contributed by atoms with van der Waals surface area (Å²) in [7, 11) is 0. The zero-order chi connectivity index (χ0) is 22.2. The number of nitrogens with zero attached hydrogens (tertiary/aromatic N) is 4. The van der Waals surface area contributed by atoms with Crippen LogP contribution in [0, 0.1) is 13.8 Å². The van der Waals surface area contributed by atoms with E-state index < -0.39 is 6.10 Å². The van der Waals surface area contributed by atoms with Gasteiger partial charge in [0.1, 0.15) is 23.8 Å². The smallest absolute Gasteiger partial charge is 0.227 e. The number of ether oxygens (including phenoxy) is 1. The molecular weight excluding hydrogens is 406 g/mol. The molecule has 3 aliphatic heterocycles. The Hall–Kier alpha value is -2.87. The SMILES string of the molecule is Cc1nc(N2CCCC2)nc(N2CC[C@@H](Oc3ccc4c(c3)CCC(=O)N4)[C@H](O)C2)c1C. The van der Waals surface area contributed by atoms with Crippen molar-refractivity contribution in [2.75, 3.05) is 41.3 Å². The second-order valence-electron chi connectivity index (χ2n) is 9.08. The van der Waals surface area contributed by atoms with E-state index in [2.05, 4.69) is 22.0 Å². The number of benzene rings is 1. The van der Waals surface area contributed by atoms with Crippen molar-refractivity contribution in [3.63, 3.8) is 0 Å². The maximum atomic E-state index is 11.6. The van der Waals surface area contributed by atoms with Gasteiger partial charge in [-0.1, -0.05) is 0 Å². The van der Waals surface area contributed by atoms with Crippen LogP contribution in [0.5, 0.6) is 5.75 Å². The molecule has 2 atom stereocenters. The van der Waals surface area contributed by atoms with Gasteiger partial charge in [-0.2, -0.15) is 4.98 Å². The third kappa shape index (κ3) is 4.11. The first-order chi connectivity index (χ1) is 15.5. The highest BCUT2D eigenvalue weighted by atomic mass is 16.5. The predicted octanol–water partition coefficient (Wildman–Crippen LogP) is 2.60. The number of hydrogen-bond donors (Lipinski definition) is 2. The number of carbonyl (C=O) groups is 1. The van der Waals surface area contributed by atoms with Crippen molar-refractivity contribution in [3.8, 4) is 5.75 Å². The number of aliphatic hydroxyl groups excluding tert-OH is 1. The number of aliphatic hydroxyl groups is 1. The van der Waals surface area contributed by atoms with Crippen LogP contribution in [0.4, 0.5) is 17.5 Å². The number of amides is 1. The normalized spacial score (nSPS) is 23.2. The van der Waals surface area contributed by atoms with E-state index in [-0.39, 0.29) is 12.0 Å². The molecule has 0 unspecified atom stereocenters. The minimum absolute atomic E-state index is 0.0529. The average Bonchev–Trinajstić information content (AvgIpc) is 3.32. The topological polar surface area (TPSA) is 90.8 Å². The van der Waals surface area contributed by atoms with Crippen molar-refractivity contribution in [1.29, 1.82) is 0 Å². The predicted molar refractivity (Wildman–Crippen MR) is 124 cm³/mol. The van der Waals surface area contributed by atoms with Crippen LogP contribution in [-0.4, -0.2) is 59.4 Å². The van der Waals surface area contributed by atoms with Gasteiger partial charge in [-0.25, -0.2) is 4.98 Å². The lowest BCUT2D eigenvalue weighted by atomic mass is 10.0. The second kappa shape index (κ2) is 8.58. The van der Waals surface area contributed by atoms with Crippen molar-refractivity contribution in [3.05, 3.63) is 35.0 Å². The zero-order valence-electron chi connectivity index (χ0n) is 18.8. The lowest BCUT2D eigenvalue weighted by Gasteiger charge is -2.37. The number of rotatable bonds is 4. The molecule has 1 aromatic heterocycles. The molecule has 1 aromatic carbocycles. The summed E-state index contributed by atoms with van der Waals surface area (Å²) in [6, 6.07) is 5.73. The van der Waals surface area contributed by atoms with E-state index in [4.69, 9.17) is 14.7 Å². The van der Waals surface area contributed by atoms with Crippen LogP contribution in [0.2, 0.25) is 0 Å². The lowest BCUT2D eigenvalue weighted by molar-refractivity contribution is -0.116. The molecule has 2 aromatic rings. The summed E-state index contributed by atoms with van der Waals surface area (Å²) in [4.78, 5) is 25.6. The first kappa shape index (κ1) is 21.0. The Morgan fingerprint density at radius 2 is 1.91 bits per heavy atom. The Bertz CT molecular complexity index is 1020. The Morgan fingerprint density at radius 1 is 1.09 bits per heavy atom. The van der Waals surface area contributed by atoms with Crippen molar-refractivity contribution in [2.24, 2.45) is 0 Å². The van der Waals surface area contributed by atoms with Gasteiger partial charge in [-0.3, -0.25) is 4.79 Å². The molecule has 2 fully saturated rings. The molecule has 2 saturated heterocycles. The van der Waals surface area contributed by atoms with E-state index in [1.807, 2.05) is 25.1 Å². The minimum Gasteiger partial charge on any atom is -0.488 e. The maximum absolute atomic E-state index is 11.6. The van der Waals surface area contributed by atoms with Crippen molar-refractivity contribution >= 4 is 23.4 Å². The Balaban J connectivity index is 1.28. The van der Waals surface area contributed by atoms with Crippen LogP contribution in [0.25, 0.3) is 0 Å². The van der Waals surface area contributed by atoms with Gasteiger partial charge in [-0.05, 0) is 56.9 Å². The first-order valence-corrected chi connectivity index (χ1v) is 11.6. The van der Waals surface area contributed by atoms with Crippen LogP contribution in [0.3, 0.4) is 0 Å². The average molecular weight is 438 g/mol. The van der Waals surface area contributed by atoms with E-state index in [0.29, 0.717) is 25.8 Å². The summed E-state index contributed by atoms with van der Waals surface area (Å²) >= 11 is 0. The molecule has 32 heavy (non-hydrogen) atoms. The molecule has 0 spiro atoms. The molecule has 8 heteroatoms. The van der Waals surface area contributed by atoms with E-state index in [1.54, 1.807) is 0 Å². The van der Waals surface area contributed by atoms with Crippen LogP contribution in [0.15, 0.2) is 18.2 Å². The number of nitrogens with one attached hydrogen (secondary N) is 1. The number of anilines is 3. The summed E-state index contributed by atoms with van der Waals surface area (Å²) < 4.78 is 6.17. The number of hydrogen-bond acceptors (Lipinski definition) is 7. The Morgan fingerprint density at radius 3 is 2.69 bits per heavy atom. The van der Waals surface area contributed by atoms with Gasteiger partial charge in [0.2, 0.25) is 11.9 Å². The highest BCUT2D eigenvalue weighted by molar-refractivity contribution is 5.94. The molecule has 170 valence electrons. The number of aromatic nitrogens is 2. The van der Waals surface area contributed by atoms with Gasteiger partial charge in [0, 0.05) is 56.0 Å². The number of β-amino-alcohol motifs (C(OH)–C–C–N with tert-alkyl or cyclic N) is 1. The van der Waals surface area contributed by atoms with Crippen molar-refractivity contribution in [1.82, 2.24) is 9.97 Å². The van der Waals surface area contributed by atoms with Gasteiger partial charge in [0.25, 0.3) is 0 Å². The maximum Gasteiger partial charge on any atom is 0.227 e. The zero-order valence-corrected chi connectivity index (χ0v) is 18.8. The van der Waals surface area contributed by atoms with Crippen molar-refractivity contribution < 1.29 is 14.6 Å². The fourth-order valence-electron chi connectivity index (χ4n) is 4.81. The molecule has 0 bridgehead atoms. The molecule has 1 amide bonds. The Labute approximate surface area is 188 Å². The summed E-state index contributed by atoms with van der Waals surface area (Å²) in [5.41, 5.74) is 3.99.